The number of nitrogens with zero attached hydrogens (tertiary/aromatic N) is 1. The second-order valence-electron chi connectivity index (χ2n) is 4.78. The van der Waals surface area contributed by atoms with E-state index in [1.54, 1.807) is 17.0 Å². The number of primary sulfonamides is 1. The Hall–Kier alpha value is -1.44. The minimum Gasteiger partial charge on any atom is -0.342 e. The average Bonchev–Trinajstić information content (AvgIpc) is 2.45. The van der Waals surface area contributed by atoms with Crippen LogP contribution in [0.2, 0.25) is 0 Å². The fourth-order valence-corrected chi connectivity index (χ4v) is 2.51. The van der Waals surface area contributed by atoms with Gasteiger partial charge >= 0.3 is 0 Å². The van der Waals surface area contributed by atoms with Crippen LogP contribution < -0.4 is 10.5 Å². The summed E-state index contributed by atoms with van der Waals surface area (Å²) in [7, 11) is -3.67. The van der Waals surface area contributed by atoms with Crippen molar-refractivity contribution in [1.82, 2.24) is 10.2 Å². The molecule has 1 rings (SSSR count). The van der Waals surface area contributed by atoms with Crippen molar-refractivity contribution in [1.29, 1.82) is 0 Å². The molecule has 21 heavy (non-hydrogen) atoms. The van der Waals surface area contributed by atoms with E-state index in [-0.39, 0.29) is 23.4 Å². The maximum atomic E-state index is 11.9. The van der Waals surface area contributed by atoms with E-state index in [9.17, 15) is 13.2 Å². The summed E-state index contributed by atoms with van der Waals surface area (Å²) in [6.07, 6.45) is 0. The molecule has 0 spiro atoms. The number of hydrogen-bond donors (Lipinski definition) is 2. The lowest BCUT2D eigenvalue weighted by Gasteiger charge is -2.21. The summed E-state index contributed by atoms with van der Waals surface area (Å²) in [5.41, 5.74) is 0.898. The lowest BCUT2D eigenvalue weighted by molar-refractivity contribution is -0.129. The summed E-state index contributed by atoms with van der Waals surface area (Å²) in [6.45, 7) is 7.43. The molecule has 0 fully saturated rings. The van der Waals surface area contributed by atoms with Crippen molar-refractivity contribution in [3.8, 4) is 0 Å². The summed E-state index contributed by atoms with van der Waals surface area (Å²) in [5, 5.41) is 8.19. The molecule has 1 amide bonds. The van der Waals surface area contributed by atoms with Gasteiger partial charge in [0.1, 0.15) is 0 Å². The van der Waals surface area contributed by atoms with Crippen LogP contribution >= 0.6 is 0 Å². The summed E-state index contributed by atoms with van der Waals surface area (Å²) in [4.78, 5) is 13.7. The van der Waals surface area contributed by atoms with Crippen molar-refractivity contribution in [3.63, 3.8) is 0 Å². The zero-order valence-electron chi connectivity index (χ0n) is 12.7. The van der Waals surface area contributed by atoms with Crippen molar-refractivity contribution in [3.05, 3.63) is 29.8 Å². The Bertz CT molecular complexity index is 566. The van der Waals surface area contributed by atoms with Gasteiger partial charge in [-0.15, -0.1) is 0 Å². The molecule has 0 saturated heterocycles. The van der Waals surface area contributed by atoms with Gasteiger partial charge in [0.2, 0.25) is 15.9 Å². The molecule has 0 bridgehead atoms. The Balaban J connectivity index is 2.64. The second kappa shape index (κ2) is 7.53. The zero-order chi connectivity index (χ0) is 16.0. The highest BCUT2D eigenvalue weighted by Gasteiger charge is 2.13. The smallest absolute Gasteiger partial charge is 0.238 e. The molecule has 1 atom stereocenters. The van der Waals surface area contributed by atoms with Gasteiger partial charge in [-0.1, -0.05) is 12.1 Å². The Morgan fingerprint density at radius 2 is 1.76 bits per heavy atom. The van der Waals surface area contributed by atoms with Crippen molar-refractivity contribution in [2.24, 2.45) is 5.14 Å². The molecule has 7 heteroatoms. The Morgan fingerprint density at radius 3 is 2.19 bits per heavy atom. The van der Waals surface area contributed by atoms with Crippen LogP contribution in [0.4, 0.5) is 0 Å². The topological polar surface area (TPSA) is 92.5 Å². The Kier molecular flexibility index (Phi) is 6.32. The number of likely N-dealkylation sites (N-methyl/N-ethyl adjacent to an activating group) is 1. The molecule has 0 heterocycles. The maximum absolute atomic E-state index is 11.9. The van der Waals surface area contributed by atoms with Gasteiger partial charge in [0, 0.05) is 19.1 Å². The fourth-order valence-electron chi connectivity index (χ4n) is 1.99. The number of carbonyl (C=O) groups is 1. The van der Waals surface area contributed by atoms with E-state index in [2.05, 4.69) is 5.32 Å². The van der Waals surface area contributed by atoms with Crippen LogP contribution in [-0.4, -0.2) is 38.9 Å². The molecular weight excluding hydrogens is 290 g/mol. The van der Waals surface area contributed by atoms with Crippen LogP contribution in [0.1, 0.15) is 32.4 Å². The van der Waals surface area contributed by atoms with Crippen molar-refractivity contribution < 1.29 is 13.2 Å². The molecule has 3 N–H and O–H groups in total. The van der Waals surface area contributed by atoms with Gasteiger partial charge in [0.05, 0.1) is 11.4 Å². The third kappa shape index (κ3) is 5.11. The Labute approximate surface area is 126 Å². The van der Waals surface area contributed by atoms with E-state index >= 15 is 0 Å². The highest BCUT2D eigenvalue weighted by molar-refractivity contribution is 7.89. The van der Waals surface area contributed by atoms with Gasteiger partial charge in [-0.2, -0.15) is 0 Å². The highest BCUT2D eigenvalue weighted by Crippen LogP contribution is 2.15. The number of carbonyl (C=O) groups excluding carboxylic acids is 1. The monoisotopic (exact) mass is 313 g/mol. The number of rotatable bonds is 7. The first-order chi connectivity index (χ1) is 9.79. The van der Waals surface area contributed by atoms with Crippen LogP contribution in [0, 0.1) is 0 Å². The molecule has 1 unspecified atom stereocenters. The third-order valence-electron chi connectivity index (χ3n) is 3.38. The van der Waals surface area contributed by atoms with E-state index in [0.717, 1.165) is 5.56 Å². The number of nitrogens with two attached hydrogens (primary N) is 1. The second-order valence-corrected chi connectivity index (χ2v) is 6.34. The van der Waals surface area contributed by atoms with Crippen molar-refractivity contribution >= 4 is 15.9 Å². The van der Waals surface area contributed by atoms with E-state index < -0.39 is 10.0 Å². The first kappa shape index (κ1) is 17.6. The van der Waals surface area contributed by atoms with E-state index in [4.69, 9.17) is 5.14 Å². The predicted molar refractivity (Wildman–Crippen MR) is 82.2 cm³/mol. The number of hydrogen-bond acceptors (Lipinski definition) is 4. The number of amides is 1. The van der Waals surface area contributed by atoms with E-state index in [1.807, 2.05) is 20.8 Å². The van der Waals surface area contributed by atoms with Gasteiger partial charge < -0.3 is 10.2 Å². The molecule has 0 radical (unpaired) electrons. The summed E-state index contributed by atoms with van der Waals surface area (Å²) in [6, 6.07) is 6.27. The van der Waals surface area contributed by atoms with Crippen LogP contribution in [0.15, 0.2) is 29.2 Å². The molecule has 6 nitrogen and oxygen atoms in total. The quantitative estimate of drug-likeness (QED) is 0.780. The van der Waals surface area contributed by atoms with E-state index in [0.29, 0.717) is 13.1 Å². The minimum atomic E-state index is -3.67. The van der Waals surface area contributed by atoms with Crippen molar-refractivity contribution in [2.45, 2.75) is 31.7 Å². The molecule has 0 aromatic heterocycles. The van der Waals surface area contributed by atoms with Gasteiger partial charge in [-0.25, -0.2) is 13.6 Å². The summed E-state index contributed by atoms with van der Waals surface area (Å²) >= 11 is 0. The molecule has 118 valence electrons. The number of benzene rings is 1. The fraction of sp³-hybridized carbons (Fsp3) is 0.500. The van der Waals surface area contributed by atoms with Gasteiger partial charge in [0.15, 0.2) is 0 Å². The van der Waals surface area contributed by atoms with Crippen molar-refractivity contribution in [2.75, 3.05) is 19.6 Å². The molecule has 1 aromatic carbocycles. The molecular formula is C14H23N3O3S. The predicted octanol–water partition coefficient (Wildman–Crippen LogP) is 0.853. The Morgan fingerprint density at radius 1 is 1.24 bits per heavy atom. The normalized spacial score (nSPS) is 13.0. The molecule has 0 saturated carbocycles. The lowest BCUT2D eigenvalue weighted by Crippen LogP contribution is -2.38. The van der Waals surface area contributed by atoms with Gasteiger partial charge in [-0.05, 0) is 38.5 Å². The maximum Gasteiger partial charge on any atom is 0.238 e. The van der Waals surface area contributed by atoms with Crippen LogP contribution in [0.5, 0.6) is 0 Å². The summed E-state index contributed by atoms with van der Waals surface area (Å²) < 4.78 is 22.4. The SMILES string of the molecule is CCN(CC)C(=O)CNC(C)c1ccc(S(N)(=O)=O)cc1. The van der Waals surface area contributed by atoms with Crippen LogP contribution in [-0.2, 0) is 14.8 Å². The lowest BCUT2D eigenvalue weighted by atomic mass is 10.1. The first-order valence-electron chi connectivity index (χ1n) is 6.93. The van der Waals surface area contributed by atoms with Gasteiger partial charge in [-0.3, -0.25) is 4.79 Å². The number of nitrogens with one attached hydrogen (secondary N) is 1. The zero-order valence-corrected chi connectivity index (χ0v) is 13.5. The summed E-state index contributed by atoms with van der Waals surface area (Å²) in [5.74, 6) is 0.0491. The van der Waals surface area contributed by atoms with Crippen LogP contribution in [0.3, 0.4) is 0 Å². The number of sulfonamides is 1. The molecule has 0 aliphatic carbocycles. The van der Waals surface area contributed by atoms with Gasteiger partial charge in [0.25, 0.3) is 0 Å². The third-order valence-corrected chi connectivity index (χ3v) is 4.31. The minimum absolute atomic E-state index is 0.0491. The first-order valence-corrected chi connectivity index (χ1v) is 8.48. The average molecular weight is 313 g/mol. The molecule has 0 aliphatic rings. The van der Waals surface area contributed by atoms with E-state index in [1.165, 1.54) is 12.1 Å². The van der Waals surface area contributed by atoms with Crippen LogP contribution in [0.25, 0.3) is 0 Å². The molecule has 0 aliphatic heterocycles. The highest BCUT2D eigenvalue weighted by atomic mass is 32.2. The largest absolute Gasteiger partial charge is 0.342 e. The standard InChI is InChI=1S/C14H23N3O3S/c1-4-17(5-2)14(18)10-16-11(3)12-6-8-13(9-7-12)21(15,19)20/h6-9,11,16H,4-5,10H2,1-3H3,(H2,15,19,20). The molecule has 1 aromatic rings.